The van der Waals surface area contributed by atoms with Crippen LogP contribution in [0.25, 0.3) is 10.9 Å². The predicted molar refractivity (Wildman–Crippen MR) is 41.0 cm³/mol. The molecule has 2 aromatic rings. The zero-order valence-electron chi connectivity index (χ0n) is 6.39. The van der Waals surface area contributed by atoms with Gasteiger partial charge in [-0.1, -0.05) is 6.07 Å². The van der Waals surface area contributed by atoms with Crippen molar-refractivity contribution in [2.75, 3.05) is 0 Å². The molecule has 2 nitrogen and oxygen atoms in total. The Balaban J connectivity index is 2.79. The molecule has 0 unspecified atom stereocenters. The topological polar surface area (TPSA) is 28.7 Å². The van der Waals surface area contributed by atoms with E-state index in [-0.39, 0.29) is 10.9 Å². The van der Waals surface area contributed by atoms with Crippen molar-refractivity contribution in [3.05, 3.63) is 29.7 Å². The fourth-order valence-electron chi connectivity index (χ4n) is 1.21. The van der Waals surface area contributed by atoms with Gasteiger partial charge in [-0.05, 0) is 12.1 Å². The van der Waals surface area contributed by atoms with Crippen molar-refractivity contribution < 1.29 is 13.2 Å². The number of aromatic nitrogens is 2. The Morgan fingerprint density at radius 2 is 2.08 bits per heavy atom. The number of halogens is 3. The number of fused-ring (bicyclic) bond motifs is 1. The molecule has 2 rings (SSSR count). The lowest BCUT2D eigenvalue weighted by molar-refractivity contribution is 0.147. The second kappa shape index (κ2) is 2.76. The quantitative estimate of drug-likeness (QED) is 0.728. The summed E-state index contributed by atoms with van der Waals surface area (Å²) in [6.07, 6.45) is -2.73. The van der Waals surface area contributed by atoms with Gasteiger partial charge < -0.3 is 0 Å². The second-order valence-corrected chi connectivity index (χ2v) is 2.57. The molecule has 1 N–H and O–H groups in total. The molecule has 1 aromatic carbocycles. The van der Waals surface area contributed by atoms with Crippen molar-refractivity contribution in [3.63, 3.8) is 0 Å². The summed E-state index contributed by atoms with van der Waals surface area (Å²) in [5.41, 5.74) is -0.247. The molecule has 0 bridgehead atoms. The van der Waals surface area contributed by atoms with E-state index >= 15 is 0 Å². The molecule has 0 fully saturated rings. The van der Waals surface area contributed by atoms with Crippen molar-refractivity contribution in [3.8, 4) is 0 Å². The molecule has 1 heterocycles. The lowest BCUT2D eigenvalue weighted by Crippen LogP contribution is -1.86. The highest BCUT2D eigenvalue weighted by Gasteiger charge is 2.17. The average Bonchev–Trinajstić information content (AvgIpc) is 2.49. The van der Waals surface area contributed by atoms with Crippen LogP contribution in [0.5, 0.6) is 0 Å². The zero-order valence-corrected chi connectivity index (χ0v) is 6.39. The number of nitrogens with zero attached hydrogens (tertiary/aromatic N) is 1. The predicted octanol–water partition coefficient (Wildman–Crippen LogP) is 2.64. The second-order valence-electron chi connectivity index (χ2n) is 2.57. The van der Waals surface area contributed by atoms with Crippen LogP contribution in [0.4, 0.5) is 13.2 Å². The minimum atomic E-state index is -2.73. The summed E-state index contributed by atoms with van der Waals surface area (Å²) in [6.45, 7) is 0. The fraction of sp³-hybridized carbons (Fsp3) is 0.125. The summed E-state index contributed by atoms with van der Waals surface area (Å²) in [4.78, 5) is 0. The van der Waals surface area contributed by atoms with Gasteiger partial charge in [0.05, 0.1) is 10.9 Å². The maximum absolute atomic E-state index is 13.0. The molecule has 0 radical (unpaired) electrons. The van der Waals surface area contributed by atoms with Crippen LogP contribution in [-0.4, -0.2) is 10.2 Å². The van der Waals surface area contributed by atoms with Crippen LogP contribution < -0.4 is 0 Å². The highest BCUT2D eigenvalue weighted by Crippen LogP contribution is 2.26. The number of hydrogen-bond donors (Lipinski definition) is 1. The van der Waals surface area contributed by atoms with Crippen molar-refractivity contribution in [2.24, 2.45) is 0 Å². The lowest BCUT2D eigenvalue weighted by Gasteiger charge is -1.95. The van der Waals surface area contributed by atoms with Crippen LogP contribution in [0.15, 0.2) is 18.2 Å². The number of rotatable bonds is 1. The largest absolute Gasteiger partial charge is 0.280 e. The molecule has 0 atom stereocenters. The van der Waals surface area contributed by atoms with E-state index < -0.39 is 17.9 Å². The Morgan fingerprint density at radius 1 is 1.31 bits per heavy atom. The Morgan fingerprint density at radius 3 is 2.77 bits per heavy atom. The zero-order chi connectivity index (χ0) is 9.42. The maximum atomic E-state index is 13.0. The summed E-state index contributed by atoms with van der Waals surface area (Å²) in [5.74, 6) is -0.679. The van der Waals surface area contributed by atoms with Crippen molar-refractivity contribution in [1.29, 1.82) is 0 Å². The molecule has 5 heteroatoms. The van der Waals surface area contributed by atoms with Gasteiger partial charge in [0.25, 0.3) is 6.43 Å². The first-order valence-electron chi connectivity index (χ1n) is 3.61. The summed E-state index contributed by atoms with van der Waals surface area (Å²) in [6, 6.07) is 4.03. The number of H-pyrrole nitrogens is 1. The van der Waals surface area contributed by atoms with E-state index in [1.807, 2.05) is 0 Å². The van der Waals surface area contributed by atoms with E-state index in [4.69, 9.17) is 0 Å². The van der Waals surface area contributed by atoms with Gasteiger partial charge in [-0.15, -0.1) is 0 Å². The summed E-state index contributed by atoms with van der Waals surface area (Å²) >= 11 is 0. The molecule has 0 saturated heterocycles. The number of hydrogen-bond acceptors (Lipinski definition) is 1. The maximum Gasteiger partial charge on any atom is 0.280 e. The number of aromatic amines is 1. The molecule has 0 aliphatic carbocycles. The highest BCUT2D eigenvalue weighted by molar-refractivity contribution is 5.82. The first kappa shape index (κ1) is 8.10. The van der Waals surface area contributed by atoms with Crippen molar-refractivity contribution >= 4 is 10.9 Å². The van der Waals surface area contributed by atoms with E-state index in [9.17, 15) is 13.2 Å². The monoisotopic (exact) mass is 186 g/mol. The van der Waals surface area contributed by atoms with Crippen LogP contribution in [0, 0.1) is 5.82 Å². The average molecular weight is 186 g/mol. The van der Waals surface area contributed by atoms with Gasteiger partial charge in [-0.25, -0.2) is 13.2 Å². The Hall–Kier alpha value is -1.52. The van der Waals surface area contributed by atoms with E-state index in [0.29, 0.717) is 0 Å². The minimum Gasteiger partial charge on any atom is -0.275 e. The molecule has 13 heavy (non-hydrogen) atoms. The van der Waals surface area contributed by atoms with Gasteiger partial charge in [0.1, 0.15) is 11.5 Å². The minimum absolute atomic E-state index is 0.127. The third-order valence-electron chi connectivity index (χ3n) is 1.78. The van der Waals surface area contributed by atoms with Crippen LogP contribution in [0.2, 0.25) is 0 Å². The molecule has 1 aromatic heterocycles. The molecule has 0 aliphatic heterocycles. The van der Waals surface area contributed by atoms with E-state index in [2.05, 4.69) is 10.2 Å². The summed E-state index contributed by atoms with van der Waals surface area (Å²) < 4.78 is 37.6. The smallest absolute Gasteiger partial charge is 0.275 e. The van der Waals surface area contributed by atoms with E-state index in [0.717, 1.165) is 6.07 Å². The van der Waals surface area contributed by atoms with Gasteiger partial charge >= 0.3 is 0 Å². The first-order chi connectivity index (χ1) is 6.20. The fourth-order valence-corrected chi connectivity index (χ4v) is 1.21. The SMILES string of the molecule is Fc1cccc2n[nH]c(C(F)F)c12. The third-order valence-corrected chi connectivity index (χ3v) is 1.78. The molecule has 68 valence electrons. The Labute approximate surface area is 71.4 Å². The van der Waals surface area contributed by atoms with Crippen molar-refractivity contribution in [2.45, 2.75) is 6.43 Å². The van der Waals surface area contributed by atoms with Crippen LogP contribution in [0.3, 0.4) is 0 Å². The number of nitrogens with one attached hydrogen (secondary N) is 1. The number of alkyl halides is 2. The van der Waals surface area contributed by atoms with E-state index in [1.165, 1.54) is 12.1 Å². The molecule has 0 saturated carbocycles. The summed E-state index contributed by atoms with van der Waals surface area (Å²) in [5, 5.41) is 5.54. The Bertz CT molecular complexity index is 436. The molecular weight excluding hydrogens is 181 g/mol. The van der Waals surface area contributed by atoms with Crippen LogP contribution in [0.1, 0.15) is 12.1 Å². The van der Waals surface area contributed by atoms with Gasteiger partial charge in [0.15, 0.2) is 0 Å². The van der Waals surface area contributed by atoms with E-state index in [1.54, 1.807) is 0 Å². The van der Waals surface area contributed by atoms with Crippen molar-refractivity contribution in [1.82, 2.24) is 10.2 Å². The van der Waals surface area contributed by atoms with Crippen LogP contribution >= 0.6 is 0 Å². The van der Waals surface area contributed by atoms with Crippen LogP contribution in [-0.2, 0) is 0 Å². The lowest BCUT2D eigenvalue weighted by atomic mass is 10.2. The Kier molecular flexibility index (Phi) is 1.72. The van der Waals surface area contributed by atoms with Gasteiger partial charge in [-0.3, -0.25) is 5.10 Å². The molecule has 0 aliphatic rings. The molecule has 0 amide bonds. The standard InChI is InChI=1S/C8H5F3N2/c9-4-2-1-3-5-6(4)7(8(10)11)13-12-5/h1-3,8H,(H,12,13). The highest BCUT2D eigenvalue weighted by atomic mass is 19.3. The molecule has 0 spiro atoms. The number of benzene rings is 1. The van der Waals surface area contributed by atoms with Gasteiger partial charge in [0, 0.05) is 0 Å². The normalized spacial score (nSPS) is 11.4. The third kappa shape index (κ3) is 1.16. The molecular formula is C8H5F3N2. The van der Waals surface area contributed by atoms with Gasteiger partial charge in [0.2, 0.25) is 0 Å². The van der Waals surface area contributed by atoms with Gasteiger partial charge in [-0.2, -0.15) is 5.10 Å². The first-order valence-corrected chi connectivity index (χ1v) is 3.61. The summed E-state index contributed by atoms with van der Waals surface area (Å²) in [7, 11) is 0.